The molecule has 1 aliphatic rings. The molecule has 2 unspecified atom stereocenters. The maximum Gasteiger partial charge on any atom is 0.165 e. The normalized spacial score (nSPS) is 22.2. The Morgan fingerprint density at radius 2 is 2.29 bits per heavy atom. The van der Waals surface area contributed by atoms with Crippen LogP contribution in [-0.4, -0.2) is 20.2 Å². The molecule has 1 fully saturated rings. The Hall–Kier alpha value is -1.09. The van der Waals surface area contributed by atoms with Crippen LogP contribution in [0.5, 0.6) is 5.75 Å². The van der Waals surface area contributed by atoms with Crippen molar-refractivity contribution in [3.05, 3.63) is 29.6 Å². The standard InChI is InChI=1S/C14H20FNO/c1-10(12-4-3-7-16-9-12)11-5-6-14(17-2)13(15)8-11/h5-6,8,10,12,16H,3-4,7,9H2,1-2H3. The summed E-state index contributed by atoms with van der Waals surface area (Å²) in [6.07, 6.45) is 2.44. The maximum absolute atomic E-state index is 13.6. The van der Waals surface area contributed by atoms with E-state index in [0.29, 0.717) is 17.6 Å². The molecule has 1 N–H and O–H groups in total. The second kappa shape index (κ2) is 5.50. The van der Waals surface area contributed by atoms with Gasteiger partial charge in [0.2, 0.25) is 0 Å². The number of methoxy groups -OCH3 is 1. The Morgan fingerprint density at radius 1 is 1.47 bits per heavy atom. The molecule has 1 aromatic rings. The second-order valence-electron chi connectivity index (χ2n) is 4.79. The zero-order valence-electron chi connectivity index (χ0n) is 10.5. The van der Waals surface area contributed by atoms with Gasteiger partial charge in [0.05, 0.1) is 7.11 Å². The van der Waals surface area contributed by atoms with Crippen molar-refractivity contribution in [1.82, 2.24) is 5.32 Å². The van der Waals surface area contributed by atoms with Gasteiger partial charge in [-0.15, -0.1) is 0 Å². The van der Waals surface area contributed by atoms with Gasteiger partial charge in [-0.2, -0.15) is 0 Å². The SMILES string of the molecule is COc1ccc(C(C)C2CCCNC2)cc1F. The van der Waals surface area contributed by atoms with Gasteiger partial charge in [0, 0.05) is 0 Å². The van der Waals surface area contributed by atoms with Crippen molar-refractivity contribution in [3.8, 4) is 5.75 Å². The Morgan fingerprint density at radius 3 is 2.88 bits per heavy atom. The zero-order chi connectivity index (χ0) is 12.3. The van der Waals surface area contributed by atoms with Crippen LogP contribution in [0.1, 0.15) is 31.2 Å². The largest absolute Gasteiger partial charge is 0.494 e. The molecule has 0 aromatic heterocycles. The van der Waals surface area contributed by atoms with Gasteiger partial charge in [0.15, 0.2) is 11.6 Å². The van der Waals surface area contributed by atoms with Crippen molar-refractivity contribution in [2.45, 2.75) is 25.7 Å². The number of ether oxygens (including phenoxy) is 1. The molecule has 2 nitrogen and oxygen atoms in total. The molecule has 0 amide bonds. The van der Waals surface area contributed by atoms with Gasteiger partial charge < -0.3 is 10.1 Å². The van der Waals surface area contributed by atoms with E-state index in [-0.39, 0.29) is 5.82 Å². The molecule has 1 saturated heterocycles. The first-order valence-corrected chi connectivity index (χ1v) is 6.26. The summed E-state index contributed by atoms with van der Waals surface area (Å²) in [6, 6.07) is 5.30. The summed E-state index contributed by atoms with van der Waals surface area (Å²) in [7, 11) is 1.49. The van der Waals surface area contributed by atoms with Gasteiger partial charge in [-0.1, -0.05) is 13.0 Å². The third-order valence-corrected chi connectivity index (χ3v) is 3.74. The second-order valence-corrected chi connectivity index (χ2v) is 4.79. The highest BCUT2D eigenvalue weighted by atomic mass is 19.1. The van der Waals surface area contributed by atoms with Crippen LogP contribution in [0.2, 0.25) is 0 Å². The third-order valence-electron chi connectivity index (χ3n) is 3.74. The third kappa shape index (κ3) is 2.78. The van der Waals surface area contributed by atoms with Crippen LogP contribution < -0.4 is 10.1 Å². The molecule has 0 saturated carbocycles. The predicted octanol–water partition coefficient (Wildman–Crippen LogP) is 2.94. The highest BCUT2D eigenvalue weighted by Gasteiger charge is 2.21. The molecule has 0 aliphatic carbocycles. The lowest BCUT2D eigenvalue weighted by Crippen LogP contribution is -2.32. The average molecular weight is 237 g/mol. The fraction of sp³-hybridized carbons (Fsp3) is 0.571. The molecule has 94 valence electrons. The lowest BCUT2D eigenvalue weighted by Gasteiger charge is -2.28. The lowest BCUT2D eigenvalue weighted by molar-refractivity contribution is 0.333. The van der Waals surface area contributed by atoms with E-state index in [9.17, 15) is 4.39 Å². The summed E-state index contributed by atoms with van der Waals surface area (Å²) in [5.74, 6) is 1.06. The van der Waals surface area contributed by atoms with Crippen LogP contribution in [0.3, 0.4) is 0 Å². The van der Waals surface area contributed by atoms with Crippen LogP contribution in [0.25, 0.3) is 0 Å². The molecule has 0 spiro atoms. The minimum atomic E-state index is -0.263. The molecular weight excluding hydrogens is 217 g/mol. The highest BCUT2D eigenvalue weighted by Crippen LogP contribution is 2.31. The first-order chi connectivity index (χ1) is 8.22. The Kier molecular flexibility index (Phi) is 4.00. The van der Waals surface area contributed by atoms with Crippen LogP contribution in [-0.2, 0) is 0 Å². The number of piperidine rings is 1. The van der Waals surface area contributed by atoms with E-state index < -0.39 is 0 Å². The predicted molar refractivity (Wildman–Crippen MR) is 67.0 cm³/mol. The molecule has 0 radical (unpaired) electrons. The quantitative estimate of drug-likeness (QED) is 0.872. The number of halogens is 1. The minimum absolute atomic E-state index is 0.263. The van der Waals surface area contributed by atoms with Crippen molar-refractivity contribution in [2.24, 2.45) is 5.92 Å². The molecule has 2 atom stereocenters. The summed E-state index contributed by atoms with van der Waals surface area (Å²) in [5.41, 5.74) is 1.07. The van der Waals surface area contributed by atoms with Crippen molar-refractivity contribution < 1.29 is 9.13 Å². The van der Waals surface area contributed by atoms with Crippen LogP contribution in [0.4, 0.5) is 4.39 Å². The van der Waals surface area contributed by atoms with Gasteiger partial charge >= 0.3 is 0 Å². The molecule has 0 bridgehead atoms. The molecule has 1 aliphatic heterocycles. The summed E-state index contributed by atoms with van der Waals surface area (Å²) in [5, 5.41) is 3.40. The van der Waals surface area contributed by atoms with Crippen molar-refractivity contribution >= 4 is 0 Å². The van der Waals surface area contributed by atoms with Gasteiger partial charge in [0.1, 0.15) is 0 Å². The van der Waals surface area contributed by atoms with E-state index >= 15 is 0 Å². The smallest absolute Gasteiger partial charge is 0.165 e. The Balaban J connectivity index is 2.12. The summed E-state index contributed by atoms with van der Waals surface area (Å²) in [4.78, 5) is 0. The molecule has 1 aromatic carbocycles. The van der Waals surface area contributed by atoms with E-state index in [1.807, 2.05) is 6.07 Å². The minimum Gasteiger partial charge on any atom is -0.494 e. The fourth-order valence-corrected chi connectivity index (χ4v) is 2.54. The summed E-state index contributed by atoms with van der Waals surface area (Å²) in [6.45, 7) is 4.33. The molecule has 3 heteroatoms. The molecule has 2 rings (SSSR count). The van der Waals surface area contributed by atoms with Crippen LogP contribution in [0, 0.1) is 11.7 Å². The van der Waals surface area contributed by atoms with Crippen molar-refractivity contribution in [1.29, 1.82) is 0 Å². The first-order valence-electron chi connectivity index (χ1n) is 6.26. The first kappa shape index (κ1) is 12.4. The number of benzene rings is 1. The number of hydrogen-bond acceptors (Lipinski definition) is 2. The van der Waals surface area contributed by atoms with E-state index in [4.69, 9.17) is 4.74 Å². The molecule has 1 heterocycles. The lowest BCUT2D eigenvalue weighted by atomic mass is 9.83. The number of hydrogen-bond donors (Lipinski definition) is 1. The van der Waals surface area contributed by atoms with E-state index in [0.717, 1.165) is 18.7 Å². The van der Waals surface area contributed by atoms with Gasteiger partial charge in [0.25, 0.3) is 0 Å². The van der Waals surface area contributed by atoms with E-state index in [1.54, 1.807) is 12.1 Å². The Bertz CT molecular complexity index is 374. The summed E-state index contributed by atoms with van der Waals surface area (Å²) < 4.78 is 18.6. The monoisotopic (exact) mass is 237 g/mol. The van der Waals surface area contributed by atoms with Gasteiger partial charge in [-0.25, -0.2) is 4.39 Å². The van der Waals surface area contributed by atoms with Crippen LogP contribution >= 0.6 is 0 Å². The number of nitrogens with one attached hydrogen (secondary N) is 1. The zero-order valence-corrected chi connectivity index (χ0v) is 10.5. The van der Waals surface area contributed by atoms with E-state index in [1.165, 1.54) is 20.0 Å². The molecule has 17 heavy (non-hydrogen) atoms. The number of rotatable bonds is 3. The Labute approximate surface area is 102 Å². The highest BCUT2D eigenvalue weighted by molar-refractivity contribution is 5.31. The topological polar surface area (TPSA) is 21.3 Å². The van der Waals surface area contributed by atoms with Gasteiger partial charge in [-0.3, -0.25) is 0 Å². The summed E-state index contributed by atoms with van der Waals surface area (Å²) >= 11 is 0. The van der Waals surface area contributed by atoms with Gasteiger partial charge in [-0.05, 0) is 55.5 Å². The van der Waals surface area contributed by atoms with E-state index in [2.05, 4.69) is 12.2 Å². The maximum atomic E-state index is 13.6. The van der Waals surface area contributed by atoms with Crippen molar-refractivity contribution in [3.63, 3.8) is 0 Å². The van der Waals surface area contributed by atoms with Crippen LogP contribution in [0.15, 0.2) is 18.2 Å². The molecular formula is C14H20FNO. The fourth-order valence-electron chi connectivity index (χ4n) is 2.54. The van der Waals surface area contributed by atoms with Crippen molar-refractivity contribution in [2.75, 3.05) is 20.2 Å². The average Bonchev–Trinajstić information content (AvgIpc) is 2.39.